The minimum Gasteiger partial charge on any atom is -0.313 e. The molecule has 0 saturated carbocycles. The molecule has 5 heteroatoms. The second kappa shape index (κ2) is 9.11. The molecule has 0 aliphatic heterocycles. The highest BCUT2D eigenvalue weighted by atomic mass is 79.9. The lowest BCUT2D eigenvalue weighted by Crippen LogP contribution is -2.34. The first-order valence-electron chi connectivity index (χ1n) is 7.60. The normalized spacial score (nSPS) is 14.5. The summed E-state index contributed by atoms with van der Waals surface area (Å²) in [6.07, 6.45) is 2.27. The van der Waals surface area contributed by atoms with Gasteiger partial charge in [-0.05, 0) is 42.7 Å². The van der Waals surface area contributed by atoms with Gasteiger partial charge in [0.15, 0.2) is 0 Å². The average Bonchev–Trinajstić information content (AvgIpc) is 2.72. The van der Waals surface area contributed by atoms with Crippen LogP contribution in [0.3, 0.4) is 0 Å². The van der Waals surface area contributed by atoms with Crippen molar-refractivity contribution in [3.63, 3.8) is 0 Å². The van der Waals surface area contributed by atoms with Crippen LogP contribution in [0.15, 0.2) is 4.47 Å². The molecule has 0 saturated heterocycles. The van der Waals surface area contributed by atoms with Crippen LogP contribution >= 0.6 is 27.7 Å². The van der Waals surface area contributed by atoms with Crippen LogP contribution in [-0.4, -0.2) is 33.4 Å². The van der Waals surface area contributed by atoms with Gasteiger partial charge in [0, 0.05) is 30.0 Å². The lowest BCUT2D eigenvalue weighted by atomic mass is 10.1. The fourth-order valence-corrected chi connectivity index (χ4v) is 3.65. The molecule has 1 rings (SSSR count). The van der Waals surface area contributed by atoms with E-state index in [9.17, 15) is 0 Å². The quantitative estimate of drug-likeness (QED) is 0.719. The molecule has 1 heterocycles. The number of rotatable bonds is 9. The van der Waals surface area contributed by atoms with E-state index in [1.807, 2.05) is 0 Å². The average molecular weight is 362 g/mol. The van der Waals surface area contributed by atoms with E-state index in [0.29, 0.717) is 6.04 Å². The number of likely N-dealkylation sites (N-methyl/N-ethyl adjacent to an activating group) is 1. The molecule has 0 bridgehead atoms. The number of nitrogens with zero attached hydrogens (tertiary/aromatic N) is 2. The van der Waals surface area contributed by atoms with Gasteiger partial charge in [-0.25, -0.2) is 0 Å². The van der Waals surface area contributed by atoms with Crippen molar-refractivity contribution >= 4 is 27.7 Å². The van der Waals surface area contributed by atoms with Gasteiger partial charge in [0.05, 0.1) is 15.9 Å². The van der Waals surface area contributed by atoms with Gasteiger partial charge in [-0.3, -0.25) is 4.68 Å². The third-order valence-corrected chi connectivity index (χ3v) is 6.07. The summed E-state index contributed by atoms with van der Waals surface area (Å²) >= 11 is 5.76. The fourth-order valence-electron chi connectivity index (χ4n) is 2.17. The van der Waals surface area contributed by atoms with Crippen LogP contribution in [0.1, 0.15) is 45.5 Å². The number of thioether (sulfide) groups is 1. The van der Waals surface area contributed by atoms with Crippen molar-refractivity contribution in [3.8, 4) is 0 Å². The van der Waals surface area contributed by atoms with E-state index in [0.717, 1.165) is 36.2 Å². The fraction of sp³-hybridized carbons (Fsp3) is 0.800. The van der Waals surface area contributed by atoms with Gasteiger partial charge < -0.3 is 5.32 Å². The van der Waals surface area contributed by atoms with E-state index in [4.69, 9.17) is 0 Å². The SMILES string of the molecule is CCNC(CSC(C)CC)Cc1c(Br)c(C)nn1CC. The lowest BCUT2D eigenvalue weighted by Gasteiger charge is -2.20. The van der Waals surface area contributed by atoms with Crippen LogP contribution in [0, 0.1) is 6.92 Å². The number of aryl methyl sites for hydroxylation is 2. The van der Waals surface area contributed by atoms with Crippen molar-refractivity contribution in [1.82, 2.24) is 15.1 Å². The minimum absolute atomic E-state index is 0.511. The summed E-state index contributed by atoms with van der Waals surface area (Å²) in [5, 5.41) is 8.94. The summed E-state index contributed by atoms with van der Waals surface area (Å²) in [7, 11) is 0. The Balaban J connectivity index is 2.74. The molecule has 1 N–H and O–H groups in total. The molecule has 0 radical (unpaired) electrons. The monoisotopic (exact) mass is 361 g/mol. The predicted octanol–water partition coefficient (Wildman–Crippen LogP) is 4.03. The predicted molar refractivity (Wildman–Crippen MR) is 93.7 cm³/mol. The Bertz CT molecular complexity index is 406. The van der Waals surface area contributed by atoms with E-state index in [-0.39, 0.29) is 0 Å². The van der Waals surface area contributed by atoms with Crippen molar-refractivity contribution in [2.75, 3.05) is 12.3 Å². The van der Waals surface area contributed by atoms with Crippen LogP contribution in [0.4, 0.5) is 0 Å². The third-order valence-electron chi connectivity index (χ3n) is 3.54. The van der Waals surface area contributed by atoms with E-state index in [1.54, 1.807) is 0 Å². The highest BCUT2D eigenvalue weighted by Crippen LogP contribution is 2.24. The number of hydrogen-bond acceptors (Lipinski definition) is 3. The van der Waals surface area contributed by atoms with Gasteiger partial charge >= 0.3 is 0 Å². The zero-order valence-corrected chi connectivity index (χ0v) is 15.8. The molecule has 0 aromatic carbocycles. The molecule has 2 unspecified atom stereocenters. The number of hydrogen-bond donors (Lipinski definition) is 1. The summed E-state index contributed by atoms with van der Waals surface area (Å²) in [5.74, 6) is 1.16. The molecule has 3 nitrogen and oxygen atoms in total. The summed E-state index contributed by atoms with van der Waals surface area (Å²) in [6, 6.07) is 0.511. The summed E-state index contributed by atoms with van der Waals surface area (Å²) < 4.78 is 3.30. The Hall–Kier alpha value is 0. The van der Waals surface area contributed by atoms with Crippen LogP contribution in [0.5, 0.6) is 0 Å². The Morgan fingerprint density at radius 3 is 2.60 bits per heavy atom. The number of aromatic nitrogens is 2. The zero-order valence-electron chi connectivity index (χ0n) is 13.4. The molecule has 0 amide bonds. The van der Waals surface area contributed by atoms with Gasteiger partial charge in [0.2, 0.25) is 0 Å². The molecular formula is C15H28BrN3S. The van der Waals surface area contributed by atoms with Crippen molar-refractivity contribution in [2.45, 2.75) is 65.3 Å². The van der Waals surface area contributed by atoms with Crippen LogP contribution in [0.2, 0.25) is 0 Å². The van der Waals surface area contributed by atoms with Gasteiger partial charge in [-0.15, -0.1) is 0 Å². The molecule has 0 spiro atoms. The second-order valence-electron chi connectivity index (χ2n) is 5.17. The Kier molecular flexibility index (Phi) is 8.22. The van der Waals surface area contributed by atoms with E-state index in [1.165, 1.54) is 16.6 Å². The molecule has 0 aliphatic carbocycles. The summed E-state index contributed by atoms with van der Waals surface area (Å²) in [6.45, 7) is 12.9. The van der Waals surface area contributed by atoms with Crippen molar-refractivity contribution < 1.29 is 0 Å². The molecule has 0 fully saturated rings. The Morgan fingerprint density at radius 2 is 2.05 bits per heavy atom. The van der Waals surface area contributed by atoms with Gasteiger partial charge in [0.25, 0.3) is 0 Å². The highest BCUT2D eigenvalue weighted by Gasteiger charge is 2.17. The molecule has 116 valence electrons. The number of nitrogens with one attached hydrogen (secondary N) is 1. The summed E-state index contributed by atoms with van der Waals surface area (Å²) in [5.41, 5.74) is 2.41. The van der Waals surface area contributed by atoms with Crippen LogP contribution < -0.4 is 5.32 Å². The van der Waals surface area contributed by atoms with E-state index >= 15 is 0 Å². The van der Waals surface area contributed by atoms with E-state index in [2.05, 4.69) is 77.4 Å². The largest absolute Gasteiger partial charge is 0.313 e. The molecule has 0 aliphatic rings. The lowest BCUT2D eigenvalue weighted by molar-refractivity contribution is 0.532. The highest BCUT2D eigenvalue weighted by molar-refractivity contribution is 9.10. The molecule has 2 atom stereocenters. The Morgan fingerprint density at radius 1 is 1.35 bits per heavy atom. The van der Waals surface area contributed by atoms with Gasteiger partial charge in [0.1, 0.15) is 0 Å². The first-order valence-corrected chi connectivity index (χ1v) is 9.44. The maximum atomic E-state index is 4.59. The standard InChI is InChI=1S/C15H28BrN3S/c1-6-11(4)20-10-13(17-7-2)9-14-15(16)12(5)18-19(14)8-3/h11,13,17H,6-10H2,1-5H3. The smallest absolute Gasteiger partial charge is 0.0738 e. The molecule has 20 heavy (non-hydrogen) atoms. The molecular weight excluding hydrogens is 334 g/mol. The Labute approximate surface area is 136 Å². The summed E-state index contributed by atoms with van der Waals surface area (Å²) in [4.78, 5) is 0. The zero-order chi connectivity index (χ0) is 15.1. The van der Waals surface area contributed by atoms with Crippen molar-refractivity contribution in [2.24, 2.45) is 0 Å². The van der Waals surface area contributed by atoms with Crippen molar-refractivity contribution in [3.05, 3.63) is 15.9 Å². The topological polar surface area (TPSA) is 29.9 Å². The first-order chi connectivity index (χ1) is 9.53. The molecule has 1 aromatic rings. The van der Waals surface area contributed by atoms with Crippen LogP contribution in [0.25, 0.3) is 0 Å². The minimum atomic E-state index is 0.511. The third kappa shape index (κ3) is 5.08. The van der Waals surface area contributed by atoms with E-state index < -0.39 is 0 Å². The number of halogens is 1. The van der Waals surface area contributed by atoms with Gasteiger partial charge in [-0.1, -0.05) is 20.8 Å². The van der Waals surface area contributed by atoms with Crippen molar-refractivity contribution in [1.29, 1.82) is 0 Å². The molecule has 1 aromatic heterocycles. The van der Waals surface area contributed by atoms with Crippen LogP contribution in [-0.2, 0) is 13.0 Å². The maximum Gasteiger partial charge on any atom is 0.0738 e. The maximum absolute atomic E-state index is 4.59. The second-order valence-corrected chi connectivity index (χ2v) is 7.44. The van der Waals surface area contributed by atoms with Gasteiger partial charge in [-0.2, -0.15) is 16.9 Å². The first kappa shape index (κ1) is 18.1.